The molecule has 0 radical (unpaired) electrons. The molecule has 2 aromatic carbocycles. The van der Waals surface area contributed by atoms with Crippen molar-refractivity contribution in [3.05, 3.63) is 59.7 Å². The summed E-state index contributed by atoms with van der Waals surface area (Å²) in [5.41, 5.74) is 3.28. The molecular formula is C17H15N3O5. The van der Waals surface area contributed by atoms with Crippen LogP contribution < -0.4 is 10.7 Å². The lowest BCUT2D eigenvalue weighted by atomic mass is 10.2. The first kappa shape index (κ1) is 17.7. The third-order valence-corrected chi connectivity index (χ3v) is 3.02. The van der Waals surface area contributed by atoms with Crippen LogP contribution in [0.2, 0.25) is 0 Å². The molecule has 0 saturated carbocycles. The second kappa shape index (κ2) is 8.25. The van der Waals surface area contributed by atoms with Gasteiger partial charge in [-0.1, -0.05) is 12.1 Å². The Bertz CT molecular complexity index is 815. The van der Waals surface area contributed by atoms with Crippen LogP contribution in [0.4, 0.5) is 5.69 Å². The quantitative estimate of drug-likeness (QED) is 0.335. The third-order valence-electron chi connectivity index (χ3n) is 3.02. The molecule has 2 rings (SSSR count). The van der Waals surface area contributed by atoms with Crippen LogP contribution in [-0.4, -0.2) is 36.2 Å². The Kier molecular flexibility index (Phi) is 5.83. The number of benzene rings is 2. The van der Waals surface area contributed by atoms with Crippen molar-refractivity contribution in [1.29, 1.82) is 0 Å². The van der Waals surface area contributed by atoms with Gasteiger partial charge in [-0.05, 0) is 42.0 Å². The van der Waals surface area contributed by atoms with E-state index in [1.54, 1.807) is 12.1 Å². The number of nitrogens with zero attached hydrogens (tertiary/aromatic N) is 1. The molecule has 25 heavy (non-hydrogen) atoms. The predicted molar refractivity (Wildman–Crippen MR) is 90.3 cm³/mol. The number of carbonyl (C=O) groups is 3. The Morgan fingerprint density at radius 3 is 2.44 bits per heavy atom. The molecule has 2 amide bonds. The molecule has 0 saturated heterocycles. The molecule has 0 spiro atoms. The fourth-order valence-corrected chi connectivity index (χ4v) is 1.82. The Labute approximate surface area is 143 Å². The number of nitrogens with one attached hydrogen (secondary N) is 2. The van der Waals surface area contributed by atoms with Gasteiger partial charge in [0.15, 0.2) is 0 Å². The molecular weight excluding hydrogens is 326 g/mol. The van der Waals surface area contributed by atoms with Gasteiger partial charge in [-0.2, -0.15) is 5.10 Å². The summed E-state index contributed by atoms with van der Waals surface area (Å²) in [4.78, 5) is 34.7. The second-order valence-corrected chi connectivity index (χ2v) is 4.82. The number of hydrogen-bond donors (Lipinski definition) is 3. The molecule has 3 N–H and O–H groups in total. The van der Waals surface area contributed by atoms with E-state index in [0.717, 1.165) is 0 Å². The van der Waals surface area contributed by atoms with Crippen LogP contribution in [-0.2, 0) is 14.3 Å². The largest absolute Gasteiger partial charge is 0.508 e. The Morgan fingerprint density at radius 2 is 1.80 bits per heavy atom. The van der Waals surface area contributed by atoms with Crippen LogP contribution in [0.1, 0.15) is 15.9 Å². The minimum Gasteiger partial charge on any atom is -0.508 e. The van der Waals surface area contributed by atoms with Crippen molar-refractivity contribution < 1.29 is 24.2 Å². The molecule has 0 aliphatic rings. The van der Waals surface area contributed by atoms with E-state index in [1.807, 2.05) is 0 Å². The molecule has 128 valence electrons. The minimum absolute atomic E-state index is 0.0587. The first-order chi connectivity index (χ1) is 12.0. The highest BCUT2D eigenvalue weighted by atomic mass is 16.5. The molecule has 0 aromatic heterocycles. The van der Waals surface area contributed by atoms with Crippen molar-refractivity contribution >= 4 is 29.7 Å². The number of carbonyl (C=O) groups excluding carboxylic acids is 3. The monoisotopic (exact) mass is 341 g/mol. The summed E-state index contributed by atoms with van der Waals surface area (Å²) in [5.74, 6) is -2.33. The van der Waals surface area contributed by atoms with Gasteiger partial charge in [0.2, 0.25) is 0 Å². The number of esters is 1. The van der Waals surface area contributed by atoms with Gasteiger partial charge in [-0.25, -0.2) is 10.2 Å². The zero-order valence-corrected chi connectivity index (χ0v) is 13.2. The van der Waals surface area contributed by atoms with E-state index in [2.05, 4.69) is 20.6 Å². The van der Waals surface area contributed by atoms with E-state index in [9.17, 15) is 19.5 Å². The van der Waals surface area contributed by atoms with Gasteiger partial charge in [-0.3, -0.25) is 9.59 Å². The summed E-state index contributed by atoms with van der Waals surface area (Å²) in [6.07, 6.45) is 1.29. The standard InChI is InChI=1S/C17H15N3O5/c1-25-17(24)12-5-7-13(8-6-12)19-15(22)16(23)20-18-10-11-3-2-4-14(21)9-11/h2-10,21H,1H3,(H,19,22)(H,20,23)/b18-10-. The molecule has 2 aromatic rings. The molecule has 8 nitrogen and oxygen atoms in total. The zero-order chi connectivity index (χ0) is 18.2. The topological polar surface area (TPSA) is 117 Å². The molecule has 0 heterocycles. The lowest BCUT2D eigenvalue weighted by Gasteiger charge is -2.05. The van der Waals surface area contributed by atoms with Gasteiger partial charge in [0.05, 0.1) is 18.9 Å². The van der Waals surface area contributed by atoms with E-state index in [4.69, 9.17) is 0 Å². The van der Waals surface area contributed by atoms with Crippen LogP contribution in [0.3, 0.4) is 0 Å². The average Bonchev–Trinajstić information content (AvgIpc) is 2.61. The van der Waals surface area contributed by atoms with Gasteiger partial charge in [0, 0.05) is 5.69 Å². The third kappa shape index (κ3) is 5.17. The number of aromatic hydroxyl groups is 1. The Morgan fingerprint density at radius 1 is 1.08 bits per heavy atom. The lowest BCUT2D eigenvalue weighted by molar-refractivity contribution is -0.136. The Balaban J connectivity index is 1.89. The number of anilines is 1. The summed E-state index contributed by atoms with van der Waals surface area (Å²) < 4.78 is 4.56. The predicted octanol–water partition coefficient (Wildman–Crippen LogP) is 1.27. The van der Waals surface area contributed by atoms with Crippen molar-refractivity contribution in [2.24, 2.45) is 5.10 Å². The van der Waals surface area contributed by atoms with Gasteiger partial charge < -0.3 is 15.2 Å². The highest BCUT2D eigenvalue weighted by Crippen LogP contribution is 2.10. The summed E-state index contributed by atoms with van der Waals surface area (Å²) >= 11 is 0. The van der Waals surface area contributed by atoms with E-state index < -0.39 is 17.8 Å². The van der Waals surface area contributed by atoms with Gasteiger partial charge in [0.25, 0.3) is 0 Å². The number of hydrazone groups is 1. The lowest BCUT2D eigenvalue weighted by Crippen LogP contribution is -2.32. The molecule has 0 bridgehead atoms. The first-order valence-electron chi connectivity index (χ1n) is 7.11. The van der Waals surface area contributed by atoms with Crippen molar-refractivity contribution in [3.8, 4) is 5.75 Å². The second-order valence-electron chi connectivity index (χ2n) is 4.82. The summed E-state index contributed by atoms with van der Waals surface area (Å²) in [6.45, 7) is 0. The van der Waals surface area contributed by atoms with Crippen molar-refractivity contribution in [2.45, 2.75) is 0 Å². The van der Waals surface area contributed by atoms with Crippen LogP contribution in [0.25, 0.3) is 0 Å². The van der Waals surface area contributed by atoms with Crippen LogP contribution in [0, 0.1) is 0 Å². The number of hydrogen-bond acceptors (Lipinski definition) is 6. The fraction of sp³-hybridized carbons (Fsp3) is 0.0588. The maximum atomic E-state index is 11.8. The van der Waals surface area contributed by atoms with Crippen LogP contribution in [0.15, 0.2) is 53.6 Å². The van der Waals surface area contributed by atoms with Crippen LogP contribution >= 0.6 is 0 Å². The van der Waals surface area contributed by atoms with Crippen molar-refractivity contribution in [2.75, 3.05) is 12.4 Å². The number of amides is 2. The highest BCUT2D eigenvalue weighted by molar-refractivity contribution is 6.39. The van der Waals surface area contributed by atoms with Crippen molar-refractivity contribution in [1.82, 2.24) is 5.43 Å². The van der Waals surface area contributed by atoms with Gasteiger partial charge in [0.1, 0.15) is 5.75 Å². The van der Waals surface area contributed by atoms with Gasteiger partial charge >= 0.3 is 17.8 Å². The highest BCUT2D eigenvalue weighted by Gasteiger charge is 2.13. The fourth-order valence-electron chi connectivity index (χ4n) is 1.82. The molecule has 0 fully saturated rings. The number of rotatable bonds is 4. The maximum absolute atomic E-state index is 11.8. The molecule has 0 aliphatic heterocycles. The smallest absolute Gasteiger partial charge is 0.337 e. The normalized spacial score (nSPS) is 10.3. The van der Waals surface area contributed by atoms with E-state index in [-0.39, 0.29) is 5.75 Å². The van der Waals surface area contributed by atoms with E-state index in [1.165, 1.54) is 49.7 Å². The molecule has 8 heteroatoms. The number of phenolic OH excluding ortho intramolecular Hbond substituents is 1. The summed E-state index contributed by atoms with van der Waals surface area (Å²) in [6, 6.07) is 12.1. The number of phenols is 1. The van der Waals surface area contributed by atoms with Gasteiger partial charge in [-0.15, -0.1) is 0 Å². The van der Waals surface area contributed by atoms with E-state index in [0.29, 0.717) is 16.8 Å². The van der Waals surface area contributed by atoms with E-state index >= 15 is 0 Å². The molecule has 0 aliphatic carbocycles. The Hall–Kier alpha value is -3.68. The zero-order valence-electron chi connectivity index (χ0n) is 13.2. The average molecular weight is 341 g/mol. The molecule has 0 unspecified atom stereocenters. The SMILES string of the molecule is COC(=O)c1ccc(NC(=O)C(=O)N/N=C\c2cccc(O)c2)cc1. The molecule has 0 atom stereocenters. The number of methoxy groups -OCH3 is 1. The summed E-state index contributed by atoms with van der Waals surface area (Å²) in [7, 11) is 1.26. The summed E-state index contributed by atoms with van der Waals surface area (Å²) in [5, 5.41) is 15.3. The minimum atomic E-state index is -0.964. The number of ether oxygens (including phenoxy) is 1. The van der Waals surface area contributed by atoms with Crippen LogP contribution in [0.5, 0.6) is 5.75 Å². The first-order valence-corrected chi connectivity index (χ1v) is 7.11. The van der Waals surface area contributed by atoms with Crippen molar-refractivity contribution in [3.63, 3.8) is 0 Å². The maximum Gasteiger partial charge on any atom is 0.337 e.